The van der Waals surface area contributed by atoms with Crippen LogP contribution in [0.1, 0.15) is 19.3 Å². The van der Waals surface area contributed by atoms with Gasteiger partial charge in [-0.3, -0.25) is 4.79 Å². The van der Waals surface area contributed by atoms with E-state index in [1.54, 1.807) is 19.2 Å². The van der Waals surface area contributed by atoms with E-state index in [1.165, 1.54) is 4.90 Å². The predicted octanol–water partition coefficient (Wildman–Crippen LogP) is 4.36. The summed E-state index contributed by atoms with van der Waals surface area (Å²) in [6.45, 7) is 0.332. The molecule has 1 aromatic heterocycles. The van der Waals surface area contributed by atoms with Crippen molar-refractivity contribution in [3.05, 3.63) is 76.8 Å². The van der Waals surface area contributed by atoms with Gasteiger partial charge in [-0.25, -0.2) is 0 Å². The average Bonchev–Trinajstić information content (AvgIpc) is 3.34. The van der Waals surface area contributed by atoms with Gasteiger partial charge in [0.25, 0.3) is 5.09 Å². The van der Waals surface area contributed by atoms with Gasteiger partial charge in [0.2, 0.25) is 5.91 Å². The van der Waals surface area contributed by atoms with Crippen LogP contribution in [0, 0.1) is 10.1 Å². The van der Waals surface area contributed by atoms with Crippen molar-refractivity contribution in [2.45, 2.75) is 25.4 Å². The number of carbonyl (C=O) groups is 1. The molecule has 2 N–H and O–H groups in total. The van der Waals surface area contributed by atoms with E-state index in [2.05, 4.69) is 9.82 Å². The Hall–Kier alpha value is -4.51. The summed E-state index contributed by atoms with van der Waals surface area (Å²) in [6.07, 6.45) is -0.0455. The second-order valence-corrected chi connectivity index (χ2v) is 9.17. The number of para-hydroxylation sites is 3. The highest BCUT2D eigenvalue weighted by molar-refractivity contribution is 6.10. The van der Waals surface area contributed by atoms with Crippen LogP contribution in [-0.4, -0.2) is 72.1 Å². The van der Waals surface area contributed by atoms with E-state index < -0.39 is 11.2 Å². The number of aromatic amines is 1. The van der Waals surface area contributed by atoms with Gasteiger partial charge in [-0.05, 0) is 43.2 Å². The minimum Gasteiger partial charge on any atom is -0.493 e. The highest BCUT2D eigenvalue weighted by Gasteiger charge is 2.19. The predicted molar refractivity (Wildman–Crippen MR) is 149 cm³/mol. The summed E-state index contributed by atoms with van der Waals surface area (Å²) in [4.78, 5) is 32.6. The van der Waals surface area contributed by atoms with E-state index in [4.69, 9.17) is 14.2 Å². The van der Waals surface area contributed by atoms with E-state index >= 15 is 0 Å². The third-order valence-electron chi connectivity index (χ3n) is 6.38. The average molecular weight is 552 g/mol. The van der Waals surface area contributed by atoms with Crippen molar-refractivity contribution in [3.8, 4) is 17.2 Å². The molecule has 0 aliphatic heterocycles. The largest absolute Gasteiger partial charge is 0.493 e. The second-order valence-electron chi connectivity index (χ2n) is 9.17. The molecule has 0 bridgehead atoms. The number of hydrogen-bond acceptors (Lipinski definition) is 8. The number of methoxy groups -OCH3 is 1. The molecule has 0 aliphatic carbocycles. The highest BCUT2D eigenvalue weighted by Crippen LogP contribution is 2.33. The lowest BCUT2D eigenvalue weighted by Gasteiger charge is -2.26. The van der Waals surface area contributed by atoms with Crippen LogP contribution in [0.5, 0.6) is 17.2 Å². The molecule has 212 valence electrons. The number of carbonyl (C=O) groups excluding carboxylic acids is 1. The van der Waals surface area contributed by atoms with Crippen LogP contribution in [0.4, 0.5) is 0 Å². The minimum atomic E-state index is -0.964. The fraction of sp³-hybridized carbons (Fsp3) is 0.345. The minimum absolute atomic E-state index is 0.0214. The van der Waals surface area contributed by atoms with Crippen LogP contribution in [0.3, 0.4) is 0 Å². The zero-order valence-electron chi connectivity index (χ0n) is 22.3. The molecule has 40 heavy (non-hydrogen) atoms. The lowest BCUT2D eigenvalue weighted by molar-refractivity contribution is -0.757. The zero-order chi connectivity index (χ0) is 28.3. The van der Waals surface area contributed by atoms with Crippen molar-refractivity contribution in [1.82, 2.24) is 9.88 Å². The van der Waals surface area contributed by atoms with Crippen molar-refractivity contribution < 1.29 is 34.0 Å². The number of H-pyrrole nitrogens is 1. The lowest BCUT2D eigenvalue weighted by atomic mass is 10.1. The SMILES string of the molecule is COc1ccccc1OCCN(CC(O)COc1cccc2[nH]c3ccccc3c12)C(=O)CCCCO[N+](=O)[O-]. The Balaban J connectivity index is 1.37. The number of aliphatic hydroxyl groups excluding tert-OH is 1. The molecule has 1 atom stereocenters. The molecule has 4 aromatic rings. The Labute approximate surface area is 231 Å². The molecular formula is C29H33N3O8. The zero-order valence-corrected chi connectivity index (χ0v) is 22.3. The van der Waals surface area contributed by atoms with Crippen molar-refractivity contribution >= 4 is 27.7 Å². The van der Waals surface area contributed by atoms with Gasteiger partial charge in [-0.2, -0.15) is 0 Å². The number of rotatable bonds is 16. The quantitative estimate of drug-likeness (QED) is 0.119. The topological polar surface area (TPSA) is 136 Å². The first-order valence-electron chi connectivity index (χ1n) is 13.1. The monoisotopic (exact) mass is 551 g/mol. The number of benzene rings is 3. The smallest absolute Gasteiger partial charge is 0.294 e. The van der Waals surface area contributed by atoms with E-state index in [9.17, 15) is 20.0 Å². The Kier molecular flexibility index (Phi) is 10.0. The Morgan fingerprint density at radius 3 is 2.48 bits per heavy atom. The fourth-order valence-corrected chi connectivity index (χ4v) is 4.48. The fourth-order valence-electron chi connectivity index (χ4n) is 4.48. The van der Waals surface area contributed by atoms with Crippen LogP contribution in [-0.2, 0) is 9.63 Å². The van der Waals surface area contributed by atoms with E-state index in [0.29, 0.717) is 30.1 Å². The van der Waals surface area contributed by atoms with Crippen LogP contribution in [0.2, 0.25) is 0 Å². The molecule has 0 spiro atoms. The molecule has 11 nitrogen and oxygen atoms in total. The molecule has 0 fully saturated rings. The van der Waals surface area contributed by atoms with Crippen molar-refractivity contribution in [3.63, 3.8) is 0 Å². The standard InChI is InChI=1S/C29H33N3O8/c1-37-25-12-4-5-13-26(25)38-18-16-31(28(34)15-6-7-17-40-32(35)36)19-21(33)20-39-27-14-8-11-24-29(27)22-9-2-3-10-23(22)30-24/h2-5,8-14,21,30,33H,6-7,15-20H2,1H3. The third-order valence-corrected chi connectivity index (χ3v) is 6.38. The van der Waals surface area contributed by atoms with E-state index in [1.807, 2.05) is 54.6 Å². The number of unbranched alkanes of at least 4 members (excludes halogenated alkanes) is 1. The number of nitrogens with zero attached hydrogens (tertiary/aromatic N) is 2. The van der Waals surface area contributed by atoms with E-state index in [0.717, 1.165) is 21.8 Å². The summed E-state index contributed by atoms with van der Waals surface area (Å²) in [7, 11) is 1.55. The number of fused-ring (bicyclic) bond motifs is 3. The van der Waals surface area contributed by atoms with Gasteiger partial charge in [0.1, 0.15) is 25.1 Å². The van der Waals surface area contributed by atoms with Crippen LogP contribution >= 0.6 is 0 Å². The molecule has 0 saturated carbocycles. The molecule has 1 amide bonds. The molecule has 3 aromatic carbocycles. The number of aliphatic hydroxyl groups is 1. The summed E-state index contributed by atoms with van der Waals surface area (Å²) in [6, 6.07) is 20.8. The molecule has 0 aliphatic rings. The van der Waals surface area contributed by atoms with Gasteiger partial charge in [0, 0.05) is 22.7 Å². The number of nitrogens with one attached hydrogen (secondary N) is 1. The van der Waals surface area contributed by atoms with Crippen molar-refractivity contribution in [2.75, 3.05) is 40.0 Å². The first kappa shape index (κ1) is 28.5. The van der Waals surface area contributed by atoms with Crippen molar-refractivity contribution in [1.29, 1.82) is 0 Å². The molecule has 0 saturated heterocycles. The van der Waals surface area contributed by atoms with Gasteiger partial charge in [-0.15, -0.1) is 10.1 Å². The Bertz CT molecular complexity index is 1420. The maximum atomic E-state index is 13.0. The number of ether oxygens (including phenoxy) is 3. The summed E-state index contributed by atoms with van der Waals surface area (Å²) in [5.41, 5.74) is 1.92. The Morgan fingerprint density at radius 1 is 0.950 bits per heavy atom. The van der Waals surface area contributed by atoms with Crippen LogP contribution < -0.4 is 14.2 Å². The van der Waals surface area contributed by atoms with Crippen molar-refractivity contribution in [2.24, 2.45) is 0 Å². The Morgan fingerprint density at radius 2 is 1.68 bits per heavy atom. The van der Waals surface area contributed by atoms with Crippen LogP contribution in [0.25, 0.3) is 21.8 Å². The highest BCUT2D eigenvalue weighted by atomic mass is 16.9. The maximum absolute atomic E-state index is 13.0. The second kappa shape index (κ2) is 14.0. The number of aromatic nitrogens is 1. The number of amides is 1. The first-order valence-corrected chi connectivity index (χ1v) is 13.1. The molecule has 4 rings (SSSR count). The van der Waals surface area contributed by atoms with E-state index in [-0.39, 0.29) is 45.2 Å². The maximum Gasteiger partial charge on any atom is 0.294 e. The summed E-state index contributed by atoms with van der Waals surface area (Å²) >= 11 is 0. The third kappa shape index (κ3) is 7.54. The number of hydrogen-bond donors (Lipinski definition) is 2. The molecule has 1 unspecified atom stereocenters. The van der Waals surface area contributed by atoms with Gasteiger partial charge in [0.15, 0.2) is 11.5 Å². The summed E-state index contributed by atoms with van der Waals surface area (Å²) in [5.74, 6) is 1.55. The van der Waals surface area contributed by atoms with Gasteiger partial charge in [-0.1, -0.05) is 36.4 Å². The lowest BCUT2D eigenvalue weighted by Crippen LogP contribution is -2.41. The van der Waals surface area contributed by atoms with Crippen LogP contribution in [0.15, 0.2) is 66.7 Å². The molecule has 1 heterocycles. The molecule has 0 radical (unpaired) electrons. The normalized spacial score (nSPS) is 11.8. The van der Waals surface area contributed by atoms with Gasteiger partial charge < -0.3 is 34.0 Å². The molecular weight excluding hydrogens is 518 g/mol. The summed E-state index contributed by atoms with van der Waals surface area (Å²) < 4.78 is 17.2. The first-order chi connectivity index (χ1) is 19.5. The van der Waals surface area contributed by atoms with Gasteiger partial charge >= 0.3 is 0 Å². The summed E-state index contributed by atoms with van der Waals surface area (Å²) in [5, 5.41) is 22.3. The van der Waals surface area contributed by atoms with Gasteiger partial charge in [0.05, 0.1) is 32.3 Å². The molecule has 11 heteroatoms.